The highest BCUT2D eigenvalue weighted by Gasteiger charge is 2.26. The Morgan fingerprint density at radius 2 is 1.85 bits per heavy atom. The number of allylic oxidation sites excluding steroid dienone is 4. The van der Waals surface area contributed by atoms with Gasteiger partial charge in [0.2, 0.25) is 5.91 Å². The summed E-state index contributed by atoms with van der Waals surface area (Å²) in [7, 11) is 0. The monoisotopic (exact) mass is 664 g/mol. The second-order valence-electron chi connectivity index (χ2n) is 13.4. The van der Waals surface area contributed by atoms with E-state index >= 15 is 0 Å². The molecule has 0 fully saturated rings. The first-order chi connectivity index (χ1) is 23.3. The minimum Gasteiger partial charge on any atom is -0.368 e. The summed E-state index contributed by atoms with van der Waals surface area (Å²) in [5.74, 6) is 1.60. The molecule has 250 valence electrons. The first-order valence-corrected chi connectivity index (χ1v) is 17.6. The highest BCUT2D eigenvalue weighted by molar-refractivity contribution is 7.07. The molecular weight excluding hydrogens is 621 g/mol. The quantitative estimate of drug-likeness (QED) is 0.110. The van der Waals surface area contributed by atoms with E-state index in [9.17, 15) is 4.79 Å². The zero-order valence-electron chi connectivity index (χ0n) is 28.1. The molecular formula is C36H44N10OS. The number of hydrogen-bond acceptors (Lipinski definition) is 9. The topological polar surface area (TPSA) is 127 Å². The summed E-state index contributed by atoms with van der Waals surface area (Å²) in [4.78, 5) is 13.0. The fourth-order valence-electron chi connectivity index (χ4n) is 5.69. The van der Waals surface area contributed by atoms with E-state index in [4.69, 9.17) is 5.10 Å². The maximum atomic E-state index is 13.0. The molecule has 0 radical (unpaired) electrons. The largest absolute Gasteiger partial charge is 0.368 e. The number of rotatable bonds is 17. The van der Waals surface area contributed by atoms with Crippen LogP contribution in [0.5, 0.6) is 0 Å². The first kappa shape index (κ1) is 33.2. The van der Waals surface area contributed by atoms with Crippen LogP contribution in [-0.4, -0.2) is 66.9 Å². The van der Waals surface area contributed by atoms with E-state index < -0.39 is 0 Å². The number of thiophene rings is 1. The van der Waals surface area contributed by atoms with Crippen LogP contribution in [-0.2, 0) is 17.6 Å². The fraction of sp³-hybridized carbons (Fsp3) is 0.389. The molecule has 0 saturated carbocycles. The van der Waals surface area contributed by atoms with Crippen molar-refractivity contribution in [3.05, 3.63) is 94.5 Å². The van der Waals surface area contributed by atoms with Gasteiger partial charge in [-0.15, -0.1) is 20.4 Å². The Bertz CT molecular complexity index is 1870. The van der Waals surface area contributed by atoms with E-state index in [2.05, 4.69) is 79.3 Å². The van der Waals surface area contributed by atoms with Crippen LogP contribution in [0.2, 0.25) is 0 Å². The lowest BCUT2D eigenvalue weighted by Gasteiger charge is -2.26. The van der Waals surface area contributed by atoms with Gasteiger partial charge in [0.15, 0.2) is 17.3 Å². The molecule has 12 heteroatoms. The van der Waals surface area contributed by atoms with Crippen LogP contribution in [0.25, 0.3) is 22.6 Å². The van der Waals surface area contributed by atoms with E-state index in [-0.39, 0.29) is 23.3 Å². The lowest BCUT2D eigenvalue weighted by molar-refractivity contribution is -0.125. The predicted octanol–water partition coefficient (Wildman–Crippen LogP) is 5.61. The summed E-state index contributed by atoms with van der Waals surface area (Å²) >= 11 is 1.67. The lowest BCUT2D eigenvalue weighted by Crippen LogP contribution is -2.36. The number of carbonyl (C=O) groups is 1. The molecule has 0 spiro atoms. The number of carbonyl (C=O) groups excluding carboxylic acids is 1. The van der Waals surface area contributed by atoms with Crippen molar-refractivity contribution in [3.8, 4) is 11.4 Å². The molecule has 1 unspecified atom stereocenters. The number of fused-ring (bicyclic) bond motifs is 1. The Labute approximate surface area is 285 Å². The van der Waals surface area contributed by atoms with Crippen molar-refractivity contribution < 1.29 is 4.79 Å². The lowest BCUT2D eigenvalue weighted by atomic mass is 9.93. The van der Waals surface area contributed by atoms with Crippen LogP contribution in [0.4, 0.5) is 5.82 Å². The van der Waals surface area contributed by atoms with Gasteiger partial charge in [-0.25, -0.2) is 4.68 Å². The zero-order chi connectivity index (χ0) is 33.5. The van der Waals surface area contributed by atoms with Crippen molar-refractivity contribution >= 4 is 34.3 Å². The highest BCUT2D eigenvalue weighted by atomic mass is 32.1. The van der Waals surface area contributed by atoms with Gasteiger partial charge < -0.3 is 16.0 Å². The van der Waals surface area contributed by atoms with Crippen LogP contribution >= 0.6 is 11.3 Å². The van der Waals surface area contributed by atoms with Crippen molar-refractivity contribution in [1.82, 2.24) is 45.4 Å². The second-order valence-corrected chi connectivity index (χ2v) is 14.2. The van der Waals surface area contributed by atoms with Crippen LogP contribution < -0.4 is 16.0 Å². The molecule has 0 aliphatic heterocycles. The van der Waals surface area contributed by atoms with Crippen molar-refractivity contribution in [2.75, 3.05) is 31.5 Å². The maximum absolute atomic E-state index is 13.0. The summed E-state index contributed by atoms with van der Waals surface area (Å²) in [6.45, 7) is 11.6. The summed E-state index contributed by atoms with van der Waals surface area (Å²) in [6.07, 6.45) is 10.7. The number of nitrogens with one attached hydrogen (secondary N) is 3. The van der Waals surface area contributed by atoms with Gasteiger partial charge in [-0.1, -0.05) is 81.5 Å². The molecule has 5 aromatic rings. The number of aromatic nitrogens is 7. The van der Waals surface area contributed by atoms with E-state index in [0.717, 1.165) is 67.1 Å². The molecule has 4 aromatic heterocycles. The minimum absolute atomic E-state index is 0.0179. The Morgan fingerprint density at radius 3 is 2.58 bits per heavy atom. The third-order valence-corrected chi connectivity index (χ3v) is 9.18. The predicted molar refractivity (Wildman–Crippen MR) is 192 cm³/mol. The molecule has 4 heterocycles. The second kappa shape index (κ2) is 15.0. The van der Waals surface area contributed by atoms with Crippen LogP contribution in [0.15, 0.2) is 77.6 Å². The first-order valence-electron chi connectivity index (χ1n) is 16.6. The normalized spacial score (nSPS) is 13.5. The molecule has 1 atom stereocenters. The van der Waals surface area contributed by atoms with Gasteiger partial charge >= 0.3 is 0 Å². The minimum atomic E-state index is -0.387. The van der Waals surface area contributed by atoms with Gasteiger partial charge in [0, 0.05) is 37.0 Å². The Balaban J connectivity index is 0.990. The van der Waals surface area contributed by atoms with Gasteiger partial charge in [-0.3, -0.25) is 4.79 Å². The molecule has 0 saturated heterocycles. The molecule has 6 rings (SSSR count). The average molecular weight is 665 g/mol. The Kier molecular flexibility index (Phi) is 10.4. The van der Waals surface area contributed by atoms with Crippen molar-refractivity contribution in [2.45, 2.75) is 53.0 Å². The number of anilines is 1. The van der Waals surface area contributed by atoms with Crippen molar-refractivity contribution in [2.24, 2.45) is 11.3 Å². The van der Waals surface area contributed by atoms with Gasteiger partial charge in [-0.05, 0) is 71.2 Å². The number of aryl methyl sites for hydroxylation is 1. The van der Waals surface area contributed by atoms with Crippen molar-refractivity contribution in [3.63, 3.8) is 0 Å². The molecule has 1 aromatic carbocycles. The molecule has 11 nitrogen and oxygen atoms in total. The van der Waals surface area contributed by atoms with Gasteiger partial charge in [0.25, 0.3) is 0 Å². The summed E-state index contributed by atoms with van der Waals surface area (Å²) in [5.41, 5.74) is 5.92. The van der Waals surface area contributed by atoms with Gasteiger partial charge in [-0.2, -0.15) is 15.9 Å². The molecule has 1 aliphatic carbocycles. The molecule has 48 heavy (non-hydrogen) atoms. The fourth-order valence-corrected chi connectivity index (χ4v) is 6.39. The summed E-state index contributed by atoms with van der Waals surface area (Å²) < 4.78 is 3.54. The van der Waals surface area contributed by atoms with Gasteiger partial charge in [0.05, 0.1) is 5.69 Å². The van der Waals surface area contributed by atoms with E-state index in [0.29, 0.717) is 18.0 Å². The number of benzene rings is 1. The zero-order valence-corrected chi connectivity index (χ0v) is 28.9. The number of hydrogen-bond donors (Lipinski definition) is 3. The Hall–Kier alpha value is -4.68. The van der Waals surface area contributed by atoms with Crippen molar-refractivity contribution in [1.29, 1.82) is 0 Å². The summed E-state index contributed by atoms with van der Waals surface area (Å²) in [5, 5.41) is 37.0. The van der Waals surface area contributed by atoms with Crippen LogP contribution in [0.1, 0.15) is 57.0 Å². The molecule has 0 bridgehead atoms. The van der Waals surface area contributed by atoms with Crippen LogP contribution in [0, 0.1) is 11.3 Å². The van der Waals surface area contributed by atoms with E-state index in [1.165, 1.54) is 5.56 Å². The Morgan fingerprint density at radius 1 is 1.02 bits per heavy atom. The third kappa shape index (κ3) is 8.06. The van der Waals surface area contributed by atoms with Crippen LogP contribution in [0.3, 0.4) is 0 Å². The highest BCUT2D eigenvalue weighted by Crippen LogP contribution is 2.30. The van der Waals surface area contributed by atoms with E-state index in [1.54, 1.807) is 16.0 Å². The van der Waals surface area contributed by atoms with E-state index in [1.807, 2.05) is 67.0 Å². The maximum Gasteiger partial charge on any atom is 0.245 e. The summed E-state index contributed by atoms with van der Waals surface area (Å²) in [6, 6.07) is 13.8. The van der Waals surface area contributed by atoms with Gasteiger partial charge in [0.1, 0.15) is 6.04 Å². The number of amides is 1. The SMILES string of the molecule is CC(C)C(C(=O)NCCc1ccsc1)n1cc(CCCNCC(C)(C)CNc2nn3c(-c4ccccc4)nnc3cc2C2=CC=C2)nn1. The molecule has 1 aliphatic rings. The average Bonchev–Trinajstić information content (AvgIpc) is 3.81. The number of nitrogens with zero attached hydrogens (tertiary/aromatic N) is 7. The molecule has 1 amide bonds. The third-order valence-electron chi connectivity index (χ3n) is 8.45. The molecule has 3 N–H and O–H groups in total. The standard InChI is InChI=1S/C36H44N10OS/c1-25(2)32(35(47)38-18-15-26-16-19-48-22-26)45-21-29(40-44-45)14-9-17-37-23-36(3,4)24-39-33-30(27-12-8-13-27)20-31-41-42-34(46(31)43-33)28-10-6-5-7-11-28/h5-8,10-13,16,19-22,25,32,37H,9,14-15,17-18,23-24H2,1-4H3,(H,38,47)(H,39,43). The smallest absolute Gasteiger partial charge is 0.245 e.